The molecule has 0 spiro atoms. The summed E-state index contributed by atoms with van der Waals surface area (Å²) in [6.07, 6.45) is 8.37. The van der Waals surface area contributed by atoms with E-state index in [1.807, 2.05) is 0 Å². The maximum atomic E-state index is 6.83. The monoisotopic (exact) mass is 353 g/mol. The van der Waals surface area contributed by atoms with Crippen LogP contribution < -0.4 is 5.73 Å². The number of halogens is 1. The number of nitrogens with two attached hydrogens (primary N) is 1. The van der Waals surface area contributed by atoms with Crippen molar-refractivity contribution >= 4 is 27.3 Å². The van der Waals surface area contributed by atoms with Gasteiger partial charge in [0.2, 0.25) is 0 Å². The van der Waals surface area contributed by atoms with E-state index in [1.165, 1.54) is 48.6 Å². The summed E-state index contributed by atoms with van der Waals surface area (Å²) in [6, 6.07) is 0.213. The van der Waals surface area contributed by atoms with Crippen LogP contribution in [0.4, 0.5) is 0 Å². The topological polar surface area (TPSA) is 26.0 Å². The van der Waals surface area contributed by atoms with Gasteiger partial charge in [-0.25, -0.2) is 0 Å². The van der Waals surface area contributed by atoms with Gasteiger partial charge in [0, 0.05) is 15.9 Å². The zero-order valence-corrected chi connectivity index (χ0v) is 14.8. The highest BCUT2D eigenvalue weighted by atomic mass is 79.9. The van der Waals surface area contributed by atoms with Crippen molar-refractivity contribution in [3.63, 3.8) is 0 Å². The molecule has 20 heavy (non-hydrogen) atoms. The van der Waals surface area contributed by atoms with Crippen LogP contribution in [0.2, 0.25) is 0 Å². The fourth-order valence-corrected chi connectivity index (χ4v) is 8.31. The quantitative estimate of drug-likeness (QED) is 0.745. The predicted molar refractivity (Wildman–Crippen MR) is 88.8 cm³/mol. The zero-order chi connectivity index (χ0) is 14.2. The average molecular weight is 354 g/mol. The third-order valence-corrected chi connectivity index (χ3v) is 8.06. The van der Waals surface area contributed by atoms with Gasteiger partial charge < -0.3 is 5.73 Å². The highest BCUT2D eigenvalue weighted by Crippen LogP contribution is 2.72. The smallest absolute Gasteiger partial charge is 0.0372 e. The molecular formula is C17H24BrNS. The maximum Gasteiger partial charge on any atom is 0.0372 e. The van der Waals surface area contributed by atoms with E-state index >= 15 is 0 Å². The third-order valence-electron chi connectivity index (χ3n) is 6.31. The van der Waals surface area contributed by atoms with E-state index in [0.717, 1.165) is 5.92 Å². The standard InChI is InChI=1S/C17H24BrNS/c1-15-3-11-4-16(2,8-15)10-17(5-11,9-15)14(19)12-6-20-7-13(12)18/h6-7,11,14H,3-5,8-10,19H2,1-2H3. The Morgan fingerprint density at radius 2 is 1.80 bits per heavy atom. The molecule has 0 aromatic carbocycles. The van der Waals surface area contributed by atoms with E-state index in [2.05, 4.69) is 40.5 Å². The first kappa shape index (κ1) is 13.8. The van der Waals surface area contributed by atoms with E-state index in [4.69, 9.17) is 5.73 Å². The van der Waals surface area contributed by atoms with Crippen molar-refractivity contribution in [1.29, 1.82) is 0 Å². The lowest BCUT2D eigenvalue weighted by atomic mass is 9.39. The molecule has 0 amide bonds. The SMILES string of the molecule is CC12CC3CC(C)(C1)CC(C(N)c1cscc1Br)(C3)C2. The van der Waals surface area contributed by atoms with Crippen molar-refractivity contribution in [2.45, 2.75) is 58.4 Å². The van der Waals surface area contributed by atoms with Crippen molar-refractivity contribution in [2.24, 2.45) is 27.9 Å². The molecule has 1 aromatic heterocycles. The van der Waals surface area contributed by atoms with Crippen LogP contribution in [-0.4, -0.2) is 0 Å². The molecule has 1 heterocycles. The van der Waals surface area contributed by atoms with Gasteiger partial charge in [-0.3, -0.25) is 0 Å². The van der Waals surface area contributed by atoms with Gasteiger partial charge in [0.1, 0.15) is 0 Å². The van der Waals surface area contributed by atoms with Crippen molar-refractivity contribution < 1.29 is 0 Å². The molecule has 4 bridgehead atoms. The molecule has 4 fully saturated rings. The number of rotatable bonds is 2. The first-order valence-corrected chi connectivity index (χ1v) is 9.54. The van der Waals surface area contributed by atoms with Gasteiger partial charge in [0.15, 0.2) is 0 Å². The number of hydrogen-bond donors (Lipinski definition) is 1. The average Bonchev–Trinajstić information content (AvgIpc) is 2.69. The molecule has 1 nitrogen and oxygen atoms in total. The van der Waals surface area contributed by atoms with Gasteiger partial charge in [-0.05, 0) is 87.6 Å². The van der Waals surface area contributed by atoms with Crippen LogP contribution in [0, 0.1) is 22.2 Å². The Morgan fingerprint density at radius 1 is 1.15 bits per heavy atom. The highest BCUT2D eigenvalue weighted by molar-refractivity contribution is 9.10. The van der Waals surface area contributed by atoms with E-state index in [9.17, 15) is 0 Å². The first-order valence-electron chi connectivity index (χ1n) is 7.81. The highest BCUT2D eigenvalue weighted by Gasteiger charge is 2.61. The Kier molecular flexibility index (Phi) is 2.83. The largest absolute Gasteiger partial charge is 0.323 e. The first-order chi connectivity index (χ1) is 9.33. The van der Waals surface area contributed by atoms with Crippen LogP contribution in [0.15, 0.2) is 15.2 Å². The molecule has 0 radical (unpaired) electrons. The number of hydrogen-bond acceptors (Lipinski definition) is 2. The summed E-state index contributed by atoms with van der Waals surface area (Å²) in [6.45, 7) is 5.06. The number of thiophene rings is 1. The minimum Gasteiger partial charge on any atom is -0.323 e. The molecule has 1 aromatic rings. The summed E-state index contributed by atoms with van der Waals surface area (Å²) in [4.78, 5) is 0. The molecule has 0 saturated heterocycles. The molecule has 2 N–H and O–H groups in total. The van der Waals surface area contributed by atoms with Crippen molar-refractivity contribution in [2.75, 3.05) is 0 Å². The van der Waals surface area contributed by atoms with Crippen LogP contribution in [0.3, 0.4) is 0 Å². The molecule has 3 heteroatoms. The molecule has 4 aliphatic carbocycles. The minimum atomic E-state index is 0.213. The summed E-state index contributed by atoms with van der Waals surface area (Å²) in [5, 5.41) is 4.44. The van der Waals surface area contributed by atoms with Crippen LogP contribution in [0.1, 0.15) is 64.0 Å². The Balaban J connectivity index is 1.75. The fraction of sp³-hybridized carbons (Fsp3) is 0.765. The molecular weight excluding hydrogens is 330 g/mol. The Morgan fingerprint density at radius 3 is 2.30 bits per heavy atom. The molecule has 0 aliphatic heterocycles. The molecule has 5 rings (SSSR count). The summed E-state index contributed by atoms with van der Waals surface area (Å²) < 4.78 is 1.22. The summed E-state index contributed by atoms with van der Waals surface area (Å²) in [5.41, 5.74) is 9.64. The van der Waals surface area contributed by atoms with E-state index in [0.29, 0.717) is 16.2 Å². The lowest BCUT2D eigenvalue weighted by Crippen LogP contribution is -2.58. The van der Waals surface area contributed by atoms with Crippen LogP contribution >= 0.6 is 27.3 Å². The molecule has 110 valence electrons. The molecule has 4 saturated carbocycles. The molecule has 3 unspecified atom stereocenters. The van der Waals surface area contributed by atoms with Gasteiger partial charge in [0.25, 0.3) is 0 Å². The second-order valence-corrected chi connectivity index (χ2v) is 10.2. The normalized spacial score (nSPS) is 47.7. The molecule has 3 atom stereocenters. The summed E-state index contributed by atoms with van der Waals surface area (Å²) >= 11 is 5.47. The van der Waals surface area contributed by atoms with Gasteiger partial charge in [-0.1, -0.05) is 13.8 Å². The van der Waals surface area contributed by atoms with Crippen LogP contribution in [0.5, 0.6) is 0 Å². The Hall–Kier alpha value is 0.140. The Bertz CT molecular complexity index is 533. The van der Waals surface area contributed by atoms with Gasteiger partial charge in [-0.15, -0.1) is 0 Å². The van der Waals surface area contributed by atoms with E-state index in [-0.39, 0.29) is 6.04 Å². The van der Waals surface area contributed by atoms with Crippen molar-refractivity contribution in [1.82, 2.24) is 0 Å². The fourth-order valence-electron chi connectivity index (χ4n) is 6.73. The predicted octanol–water partition coefficient (Wildman–Crippen LogP) is 5.51. The second-order valence-electron chi connectivity index (χ2n) is 8.65. The van der Waals surface area contributed by atoms with Crippen molar-refractivity contribution in [3.8, 4) is 0 Å². The lowest BCUT2D eigenvalue weighted by Gasteiger charge is -2.67. The second kappa shape index (κ2) is 4.11. The van der Waals surface area contributed by atoms with Gasteiger partial charge in [-0.2, -0.15) is 11.3 Å². The maximum absolute atomic E-state index is 6.83. The van der Waals surface area contributed by atoms with Gasteiger partial charge >= 0.3 is 0 Å². The van der Waals surface area contributed by atoms with Crippen molar-refractivity contribution in [3.05, 3.63) is 20.8 Å². The Labute approximate surface area is 134 Å². The third kappa shape index (κ3) is 1.89. The molecule has 4 aliphatic rings. The zero-order valence-electron chi connectivity index (χ0n) is 12.4. The van der Waals surface area contributed by atoms with Crippen LogP contribution in [0.25, 0.3) is 0 Å². The summed E-state index contributed by atoms with van der Waals surface area (Å²) in [5.74, 6) is 0.921. The summed E-state index contributed by atoms with van der Waals surface area (Å²) in [7, 11) is 0. The van der Waals surface area contributed by atoms with E-state index < -0.39 is 0 Å². The minimum absolute atomic E-state index is 0.213. The lowest BCUT2D eigenvalue weighted by molar-refractivity contribution is -0.154. The van der Waals surface area contributed by atoms with Crippen LogP contribution in [-0.2, 0) is 0 Å². The van der Waals surface area contributed by atoms with E-state index in [1.54, 1.807) is 11.3 Å². The van der Waals surface area contributed by atoms with Gasteiger partial charge in [0.05, 0.1) is 0 Å².